The molecule has 0 saturated heterocycles. The number of rotatable bonds is 18. The summed E-state index contributed by atoms with van der Waals surface area (Å²) in [5.74, 6) is 5.83. The molecule has 0 aromatic carbocycles. The van der Waals surface area contributed by atoms with Crippen LogP contribution in [0.5, 0.6) is 0 Å². The van der Waals surface area contributed by atoms with Gasteiger partial charge in [0.2, 0.25) is 0 Å². The molecule has 0 saturated carbocycles. The molecule has 0 aliphatic rings. The number of ether oxygens (including phenoxy) is 3. The van der Waals surface area contributed by atoms with E-state index in [1.807, 2.05) is 0 Å². The highest BCUT2D eigenvalue weighted by atomic mass is 31.1. The number of nitrogens with two attached hydrogens (primary N) is 2. The first-order valence-electron chi connectivity index (χ1n) is 9.83. The van der Waals surface area contributed by atoms with Crippen LogP contribution in [0.25, 0.3) is 0 Å². The van der Waals surface area contributed by atoms with Gasteiger partial charge in [0.05, 0.1) is 46.2 Å². The molecule has 0 bridgehead atoms. The molecule has 9 heteroatoms. The van der Waals surface area contributed by atoms with Gasteiger partial charge >= 0.3 is 0 Å². The predicted octanol–water partition coefficient (Wildman–Crippen LogP) is 2.53. The Bertz CT molecular complexity index is 313. The molecular weight excluding hydrogens is 369 g/mol. The first kappa shape index (κ1) is 28.7. The van der Waals surface area contributed by atoms with Crippen molar-refractivity contribution in [2.75, 3.05) is 52.8 Å². The van der Waals surface area contributed by atoms with Crippen LogP contribution in [0, 0.1) is 0 Å². The minimum Gasteiger partial charge on any atom is -0.401 e. The molecule has 0 aliphatic heterocycles. The number of unbranched alkanes of at least 4 members (excludes halogenated alkanes) is 1. The van der Waals surface area contributed by atoms with Gasteiger partial charge in [-0.05, 0) is 25.7 Å². The van der Waals surface area contributed by atoms with Gasteiger partial charge in [-0.2, -0.15) is 0 Å². The summed E-state index contributed by atoms with van der Waals surface area (Å²) in [5, 5.41) is 1.53. The summed E-state index contributed by atoms with van der Waals surface area (Å²) in [7, 11) is -0.445. The van der Waals surface area contributed by atoms with E-state index >= 15 is 0 Å². The number of hydrogen-bond acceptors (Lipinski definition) is 8. The van der Waals surface area contributed by atoms with Crippen LogP contribution >= 0.6 is 9.03 Å². The van der Waals surface area contributed by atoms with Gasteiger partial charge in [-0.25, -0.2) is 5.84 Å². The third-order valence-electron chi connectivity index (χ3n) is 2.94. The summed E-state index contributed by atoms with van der Waals surface area (Å²) in [4.78, 5) is 8.51. The maximum atomic E-state index is 8.51. The largest absolute Gasteiger partial charge is 0.401 e. The lowest BCUT2D eigenvalue weighted by Gasteiger charge is -2.15. The van der Waals surface area contributed by atoms with Crippen molar-refractivity contribution in [3.05, 3.63) is 11.9 Å². The van der Waals surface area contributed by atoms with Crippen LogP contribution in [0.4, 0.5) is 0 Å². The summed E-state index contributed by atoms with van der Waals surface area (Å²) in [5.41, 5.74) is 6.61. The first-order chi connectivity index (χ1) is 13.1. The average Bonchev–Trinajstić information content (AvgIpc) is 2.63. The SMILES string of the molecule is CCC.CCCOCCOCCOCCN(N)/C=C(\N)CCCCOPO. The van der Waals surface area contributed by atoms with Gasteiger partial charge in [0.15, 0.2) is 9.03 Å². The summed E-state index contributed by atoms with van der Waals surface area (Å²) in [6, 6.07) is 0. The highest BCUT2D eigenvalue weighted by Gasteiger charge is 1.98. The Kier molecular flexibility index (Phi) is 27.2. The fourth-order valence-corrected chi connectivity index (χ4v) is 1.98. The molecule has 0 aliphatic carbocycles. The minimum atomic E-state index is -0.445. The Balaban J connectivity index is 0. The van der Waals surface area contributed by atoms with Crippen molar-refractivity contribution in [3.8, 4) is 0 Å². The Morgan fingerprint density at radius 2 is 1.48 bits per heavy atom. The second-order valence-corrected chi connectivity index (χ2v) is 6.35. The molecule has 0 spiro atoms. The van der Waals surface area contributed by atoms with E-state index in [2.05, 4.69) is 20.8 Å². The van der Waals surface area contributed by atoms with Gasteiger partial charge in [-0.1, -0.05) is 27.2 Å². The third-order valence-corrected chi connectivity index (χ3v) is 3.28. The lowest BCUT2D eigenvalue weighted by atomic mass is 10.2. The summed E-state index contributed by atoms with van der Waals surface area (Å²) >= 11 is 0. The Labute approximate surface area is 167 Å². The zero-order valence-electron chi connectivity index (χ0n) is 17.5. The predicted molar refractivity (Wildman–Crippen MR) is 112 cm³/mol. The van der Waals surface area contributed by atoms with Crippen LogP contribution in [-0.4, -0.2) is 62.7 Å². The molecule has 5 N–H and O–H groups in total. The van der Waals surface area contributed by atoms with Crippen LogP contribution in [-0.2, 0) is 18.7 Å². The van der Waals surface area contributed by atoms with Crippen molar-refractivity contribution in [2.45, 2.75) is 52.9 Å². The van der Waals surface area contributed by atoms with E-state index in [1.54, 1.807) is 6.20 Å². The Morgan fingerprint density at radius 1 is 0.926 bits per heavy atom. The third kappa shape index (κ3) is 27.8. The van der Waals surface area contributed by atoms with Crippen LogP contribution in [0.15, 0.2) is 11.9 Å². The molecule has 164 valence electrons. The van der Waals surface area contributed by atoms with Gasteiger partial charge in [-0.15, -0.1) is 0 Å². The standard InChI is InChI=1S/C15H34N3O5P.C3H8/c1-2-7-20-10-12-22-13-11-21-9-6-18(17)14-15(16)5-3-4-8-23-24-19;1-3-2/h14,19,24H,2-13,16-17H2,1H3;3H2,1-2H3/b15-14-;. The smallest absolute Gasteiger partial charge is 0.152 e. The molecule has 8 nitrogen and oxygen atoms in total. The van der Waals surface area contributed by atoms with E-state index in [0.717, 1.165) is 38.0 Å². The van der Waals surface area contributed by atoms with Gasteiger partial charge < -0.3 is 34.4 Å². The van der Waals surface area contributed by atoms with Crippen molar-refractivity contribution in [1.29, 1.82) is 0 Å². The molecule has 27 heavy (non-hydrogen) atoms. The molecule has 0 aromatic rings. The van der Waals surface area contributed by atoms with Crippen LogP contribution < -0.4 is 11.6 Å². The van der Waals surface area contributed by atoms with Crippen molar-refractivity contribution in [2.24, 2.45) is 11.6 Å². The van der Waals surface area contributed by atoms with Crippen molar-refractivity contribution in [3.63, 3.8) is 0 Å². The van der Waals surface area contributed by atoms with Gasteiger partial charge in [0, 0.05) is 18.5 Å². The molecule has 0 radical (unpaired) electrons. The summed E-state index contributed by atoms with van der Waals surface area (Å²) in [6.45, 7) is 11.0. The van der Waals surface area contributed by atoms with Gasteiger partial charge in [0.25, 0.3) is 0 Å². The molecule has 1 atom stereocenters. The second kappa shape index (κ2) is 25.5. The quantitative estimate of drug-likeness (QED) is 0.136. The van der Waals surface area contributed by atoms with Crippen LogP contribution in [0.2, 0.25) is 0 Å². The molecule has 1 unspecified atom stereocenters. The van der Waals surface area contributed by atoms with Gasteiger partial charge in [-0.3, -0.25) is 0 Å². The number of hydrogen-bond donors (Lipinski definition) is 3. The average molecular weight is 412 g/mol. The zero-order valence-corrected chi connectivity index (χ0v) is 18.5. The normalized spacial score (nSPS) is 11.7. The van der Waals surface area contributed by atoms with E-state index in [1.165, 1.54) is 11.4 Å². The minimum absolute atomic E-state index is 0.445. The van der Waals surface area contributed by atoms with E-state index in [-0.39, 0.29) is 0 Å². The summed E-state index contributed by atoms with van der Waals surface area (Å²) in [6.07, 6.45) is 6.51. The van der Waals surface area contributed by atoms with Crippen molar-refractivity contribution >= 4 is 9.03 Å². The van der Waals surface area contributed by atoms with Crippen LogP contribution in [0.3, 0.4) is 0 Å². The molecule has 0 amide bonds. The Hall–Kier alpha value is -0.470. The van der Waals surface area contributed by atoms with E-state index in [4.69, 9.17) is 35.2 Å². The summed E-state index contributed by atoms with van der Waals surface area (Å²) < 4.78 is 21.0. The fraction of sp³-hybridized carbons (Fsp3) is 0.889. The highest BCUT2D eigenvalue weighted by Crippen LogP contribution is 2.07. The number of nitrogens with zero attached hydrogens (tertiary/aromatic N) is 1. The lowest BCUT2D eigenvalue weighted by molar-refractivity contribution is 0.0123. The topological polar surface area (TPSA) is 112 Å². The van der Waals surface area contributed by atoms with E-state index in [9.17, 15) is 0 Å². The maximum Gasteiger partial charge on any atom is 0.152 e. The maximum absolute atomic E-state index is 8.51. The number of hydrazine groups is 1. The molecule has 0 fully saturated rings. The lowest BCUT2D eigenvalue weighted by Crippen LogP contribution is -2.30. The molecule has 0 heterocycles. The monoisotopic (exact) mass is 411 g/mol. The molecular formula is C18H42N3O5P. The first-order valence-corrected chi connectivity index (χ1v) is 10.7. The highest BCUT2D eigenvalue weighted by molar-refractivity contribution is 7.24. The Morgan fingerprint density at radius 3 is 2.04 bits per heavy atom. The van der Waals surface area contributed by atoms with Crippen molar-refractivity contribution < 1.29 is 23.6 Å². The molecule has 0 rings (SSSR count). The second-order valence-electron chi connectivity index (χ2n) is 5.88. The fourth-order valence-electron chi connectivity index (χ4n) is 1.75. The van der Waals surface area contributed by atoms with Crippen LogP contribution in [0.1, 0.15) is 52.9 Å². The number of allylic oxidation sites excluding steroid dienone is 1. The van der Waals surface area contributed by atoms with Gasteiger partial charge in [0.1, 0.15) is 0 Å². The molecule has 0 aromatic heterocycles. The van der Waals surface area contributed by atoms with E-state index in [0.29, 0.717) is 46.2 Å². The zero-order chi connectivity index (χ0) is 20.6. The van der Waals surface area contributed by atoms with E-state index < -0.39 is 9.03 Å². The van der Waals surface area contributed by atoms with Crippen molar-refractivity contribution in [1.82, 2.24) is 5.01 Å².